The second kappa shape index (κ2) is 6.73. The maximum atomic E-state index is 9.75. The second-order valence-electron chi connectivity index (χ2n) is 4.85. The van der Waals surface area contributed by atoms with Gasteiger partial charge in [-0.25, -0.2) is 0 Å². The van der Waals surface area contributed by atoms with E-state index in [9.17, 15) is 5.11 Å². The van der Waals surface area contributed by atoms with Crippen LogP contribution in [-0.4, -0.2) is 55.4 Å². The van der Waals surface area contributed by atoms with Crippen molar-refractivity contribution in [1.82, 2.24) is 4.90 Å². The van der Waals surface area contributed by atoms with Crippen LogP contribution in [0.4, 0.5) is 5.69 Å². The van der Waals surface area contributed by atoms with E-state index in [1.54, 1.807) is 0 Å². The van der Waals surface area contributed by atoms with Gasteiger partial charge in [0.25, 0.3) is 0 Å². The number of hydrogen-bond acceptors (Lipinski definition) is 4. The molecular formula is C14H23N3O. The van der Waals surface area contributed by atoms with E-state index in [2.05, 4.69) is 34.1 Å². The molecular weight excluding hydrogens is 226 g/mol. The molecule has 1 unspecified atom stereocenters. The number of para-hydroxylation sites is 1. The van der Waals surface area contributed by atoms with Crippen LogP contribution in [0.2, 0.25) is 0 Å². The summed E-state index contributed by atoms with van der Waals surface area (Å²) in [5.74, 6) is 0. The minimum absolute atomic E-state index is 0.279. The van der Waals surface area contributed by atoms with Crippen molar-refractivity contribution in [3.8, 4) is 0 Å². The van der Waals surface area contributed by atoms with Crippen LogP contribution in [0, 0.1) is 0 Å². The monoisotopic (exact) mass is 249 g/mol. The third-order valence-corrected chi connectivity index (χ3v) is 3.46. The summed E-state index contributed by atoms with van der Waals surface area (Å²) in [6.45, 7) is 5.39. The fourth-order valence-corrected chi connectivity index (χ4v) is 2.41. The van der Waals surface area contributed by atoms with Gasteiger partial charge in [0, 0.05) is 38.4 Å². The normalized spacial score (nSPS) is 18.9. The SMILES string of the molecule is NCCC(O)CN1CCN(c2ccccc2)CC1. The molecule has 0 aliphatic carbocycles. The van der Waals surface area contributed by atoms with Crippen molar-refractivity contribution in [2.24, 2.45) is 5.73 Å². The highest BCUT2D eigenvalue weighted by Gasteiger charge is 2.18. The lowest BCUT2D eigenvalue weighted by Crippen LogP contribution is -2.48. The molecule has 0 bridgehead atoms. The van der Waals surface area contributed by atoms with E-state index >= 15 is 0 Å². The molecule has 0 amide bonds. The second-order valence-corrected chi connectivity index (χ2v) is 4.85. The zero-order valence-electron chi connectivity index (χ0n) is 10.8. The van der Waals surface area contributed by atoms with Crippen molar-refractivity contribution < 1.29 is 5.11 Å². The van der Waals surface area contributed by atoms with Crippen LogP contribution < -0.4 is 10.6 Å². The first-order valence-electron chi connectivity index (χ1n) is 6.70. The van der Waals surface area contributed by atoms with Crippen molar-refractivity contribution in [1.29, 1.82) is 0 Å². The Morgan fingerprint density at radius 1 is 1.11 bits per heavy atom. The highest BCUT2D eigenvalue weighted by Crippen LogP contribution is 2.15. The van der Waals surface area contributed by atoms with Gasteiger partial charge in [0.1, 0.15) is 0 Å². The summed E-state index contributed by atoms with van der Waals surface area (Å²) in [6.07, 6.45) is 0.414. The number of piperazine rings is 1. The maximum Gasteiger partial charge on any atom is 0.0679 e. The molecule has 0 saturated carbocycles. The summed E-state index contributed by atoms with van der Waals surface area (Å²) in [6, 6.07) is 10.5. The summed E-state index contributed by atoms with van der Waals surface area (Å²) in [7, 11) is 0. The number of anilines is 1. The molecule has 100 valence electrons. The summed E-state index contributed by atoms with van der Waals surface area (Å²) < 4.78 is 0. The topological polar surface area (TPSA) is 52.7 Å². The van der Waals surface area contributed by atoms with Crippen molar-refractivity contribution in [3.63, 3.8) is 0 Å². The predicted molar refractivity (Wildman–Crippen MR) is 74.8 cm³/mol. The quantitative estimate of drug-likeness (QED) is 0.799. The number of benzene rings is 1. The average molecular weight is 249 g/mol. The van der Waals surface area contributed by atoms with Crippen molar-refractivity contribution in [2.75, 3.05) is 44.2 Å². The number of aliphatic hydroxyl groups excluding tert-OH is 1. The van der Waals surface area contributed by atoms with Crippen LogP contribution in [0.3, 0.4) is 0 Å². The van der Waals surface area contributed by atoms with Gasteiger partial charge < -0.3 is 15.7 Å². The zero-order valence-corrected chi connectivity index (χ0v) is 10.8. The molecule has 1 atom stereocenters. The number of rotatable bonds is 5. The smallest absolute Gasteiger partial charge is 0.0679 e. The van der Waals surface area contributed by atoms with Gasteiger partial charge in [-0.05, 0) is 25.1 Å². The van der Waals surface area contributed by atoms with E-state index in [1.165, 1.54) is 5.69 Å². The van der Waals surface area contributed by atoms with Crippen molar-refractivity contribution in [3.05, 3.63) is 30.3 Å². The van der Waals surface area contributed by atoms with E-state index in [1.807, 2.05) is 6.07 Å². The highest BCUT2D eigenvalue weighted by atomic mass is 16.3. The van der Waals surface area contributed by atoms with Crippen molar-refractivity contribution >= 4 is 5.69 Å². The molecule has 1 aliphatic rings. The molecule has 1 aromatic rings. The minimum atomic E-state index is -0.279. The predicted octanol–water partition coefficient (Wildman–Crippen LogP) is 0.518. The van der Waals surface area contributed by atoms with Crippen LogP contribution in [0.25, 0.3) is 0 Å². The molecule has 1 saturated heterocycles. The minimum Gasteiger partial charge on any atom is -0.392 e. The largest absolute Gasteiger partial charge is 0.392 e. The molecule has 0 aromatic heterocycles. The molecule has 1 heterocycles. The van der Waals surface area contributed by atoms with Crippen LogP contribution in [0.1, 0.15) is 6.42 Å². The van der Waals surface area contributed by atoms with Crippen LogP contribution >= 0.6 is 0 Å². The lowest BCUT2D eigenvalue weighted by atomic mass is 10.2. The van der Waals surface area contributed by atoms with E-state index in [0.29, 0.717) is 13.0 Å². The number of aliphatic hydroxyl groups is 1. The Hall–Kier alpha value is -1.10. The van der Waals surface area contributed by atoms with E-state index in [4.69, 9.17) is 5.73 Å². The molecule has 1 aromatic carbocycles. The standard InChI is InChI=1S/C14H23N3O/c15-7-6-14(18)12-16-8-10-17(11-9-16)13-4-2-1-3-5-13/h1-5,14,18H,6-12,15H2. The van der Waals surface area contributed by atoms with Gasteiger partial charge in [-0.1, -0.05) is 18.2 Å². The first-order chi connectivity index (χ1) is 8.79. The summed E-state index contributed by atoms with van der Waals surface area (Å²) in [4.78, 5) is 4.71. The Kier molecular flexibility index (Phi) is 4.99. The molecule has 1 fully saturated rings. The number of nitrogens with zero attached hydrogens (tertiary/aromatic N) is 2. The fourth-order valence-electron chi connectivity index (χ4n) is 2.41. The molecule has 4 nitrogen and oxygen atoms in total. The molecule has 3 N–H and O–H groups in total. The summed E-state index contributed by atoms with van der Waals surface area (Å²) in [5, 5.41) is 9.75. The molecule has 0 spiro atoms. The Balaban J connectivity index is 1.78. The fraction of sp³-hybridized carbons (Fsp3) is 0.571. The molecule has 2 rings (SSSR count). The van der Waals surface area contributed by atoms with Gasteiger partial charge in [-0.15, -0.1) is 0 Å². The third kappa shape index (κ3) is 3.70. The van der Waals surface area contributed by atoms with Gasteiger partial charge in [-0.3, -0.25) is 4.90 Å². The Morgan fingerprint density at radius 2 is 1.78 bits per heavy atom. The first-order valence-corrected chi connectivity index (χ1v) is 6.70. The Morgan fingerprint density at radius 3 is 2.39 bits per heavy atom. The lowest BCUT2D eigenvalue weighted by Gasteiger charge is -2.36. The van der Waals surface area contributed by atoms with Gasteiger partial charge in [0.15, 0.2) is 0 Å². The maximum absolute atomic E-state index is 9.75. The molecule has 4 heteroatoms. The zero-order chi connectivity index (χ0) is 12.8. The third-order valence-electron chi connectivity index (χ3n) is 3.46. The van der Waals surface area contributed by atoms with E-state index in [-0.39, 0.29) is 6.10 Å². The number of hydrogen-bond donors (Lipinski definition) is 2. The Labute approximate surface area is 109 Å². The summed E-state index contributed by atoms with van der Waals surface area (Å²) >= 11 is 0. The Bertz CT molecular complexity index is 336. The molecule has 1 aliphatic heterocycles. The average Bonchev–Trinajstić information content (AvgIpc) is 2.41. The van der Waals surface area contributed by atoms with Gasteiger partial charge in [-0.2, -0.15) is 0 Å². The van der Waals surface area contributed by atoms with E-state index < -0.39 is 0 Å². The van der Waals surface area contributed by atoms with E-state index in [0.717, 1.165) is 32.7 Å². The first kappa shape index (κ1) is 13.3. The number of β-amino-alcohol motifs (C(OH)–C–C–N with tert-alkyl or cyclic N) is 1. The van der Waals surface area contributed by atoms with Crippen LogP contribution in [0.15, 0.2) is 30.3 Å². The van der Waals surface area contributed by atoms with Gasteiger partial charge in [0.2, 0.25) is 0 Å². The summed E-state index contributed by atoms with van der Waals surface area (Å²) in [5.41, 5.74) is 6.74. The molecule has 0 radical (unpaired) electrons. The lowest BCUT2D eigenvalue weighted by molar-refractivity contribution is 0.104. The number of nitrogens with two attached hydrogens (primary N) is 1. The van der Waals surface area contributed by atoms with Gasteiger partial charge in [0.05, 0.1) is 6.10 Å². The van der Waals surface area contributed by atoms with Crippen LogP contribution in [0.5, 0.6) is 0 Å². The van der Waals surface area contributed by atoms with Crippen molar-refractivity contribution in [2.45, 2.75) is 12.5 Å². The van der Waals surface area contributed by atoms with Gasteiger partial charge >= 0.3 is 0 Å². The van der Waals surface area contributed by atoms with Crippen LogP contribution in [-0.2, 0) is 0 Å². The molecule has 18 heavy (non-hydrogen) atoms. The highest BCUT2D eigenvalue weighted by molar-refractivity contribution is 5.46.